The maximum atomic E-state index is 8.73. The van der Waals surface area contributed by atoms with Crippen molar-refractivity contribution in [1.29, 1.82) is 0 Å². The molecule has 4 heteroatoms. The average molecular weight is 204 g/mol. The molecule has 0 saturated carbocycles. The summed E-state index contributed by atoms with van der Waals surface area (Å²) in [6.07, 6.45) is 0.402. The lowest BCUT2D eigenvalue weighted by Gasteiger charge is -1.97. The second-order valence-electron chi connectivity index (χ2n) is 3.30. The van der Waals surface area contributed by atoms with Gasteiger partial charge in [-0.15, -0.1) is 0 Å². The summed E-state index contributed by atoms with van der Waals surface area (Å²) in [5, 5.41) is 12.6. The van der Waals surface area contributed by atoms with Crippen LogP contribution in [0.3, 0.4) is 0 Å². The molecule has 0 atom stereocenters. The Morgan fingerprint density at radius 1 is 1.33 bits per heavy atom. The van der Waals surface area contributed by atoms with Crippen LogP contribution in [0.25, 0.3) is 11.4 Å². The lowest BCUT2D eigenvalue weighted by Crippen LogP contribution is -1.90. The lowest BCUT2D eigenvalue weighted by atomic mass is 10.1. The zero-order valence-corrected chi connectivity index (χ0v) is 8.47. The fourth-order valence-corrected chi connectivity index (χ4v) is 1.39. The molecule has 2 rings (SSSR count). The predicted molar refractivity (Wildman–Crippen MR) is 55.3 cm³/mol. The molecule has 0 aliphatic rings. The molecule has 0 bridgehead atoms. The molecule has 0 radical (unpaired) electrons. The van der Waals surface area contributed by atoms with Crippen molar-refractivity contribution in [2.24, 2.45) is 0 Å². The second-order valence-corrected chi connectivity index (χ2v) is 3.30. The van der Waals surface area contributed by atoms with Crippen LogP contribution in [0.2, 0.25) is 0 Å². The minimum atomic E-state index is 0.0232. The first kappa shape index (κ1) is 9.86. The van der Waals surface area contributed by atoms with Gasteiger partial charge in [-0.1, -0.05) is 29.4 Å². The molecular weight excluding hydrogens is 192 g/mol. The van der Waals surface area contributed by atoms with Crippen molar-refractivity contribution in [2.45, 2.75) is 13.3 Å². The van der Waals surface area contributed by atoms with Gasteiger partial charge >= 0.3 is 0 Å². The smallest absolute Gasteiger partial charge is 0.229 e. The Labute approximate surface area is 87.6 Å². The van der Waals surface area contributed by atoms with Gasteiger partial charge in [0.1, 0.15) is 0 Å². The quantitative estimate of drug-likeness (QED) is 0.824. The summed E-state index contributed by atoms with van der Waals surface area (Å²) in [6.45, 7) is 2.02. The molecule has 0 aliphatic heterocycles. The van der Waals surface area contributed by atoms with Gasteiger partial charge in [0, 0.05) is 5.56 Å². The Morgan fingerprint density at radius 3 is 2.87 bits per heavy atom. The maximum absolute atomic E-state index is 8.73. The van der Waals surface area contributed by atoms with E-state index in [4.69, 9.17) is 9.63 Å². The summed E-state index contributed by atoms with van der Waals surface area (Å²) in [5.41, 5.74) is 2.07. The van der Waals surface area contributed by atoms with Gasteiger partial charge in [0.05, 0.1) is 13.0 Å². The summed E-state index contributed by atoms with van der Waals surface area (Å²) >= 11 is 0. The lowest BCUT2D eigenvalue weighted by molar-refractivity contribution is 0.274. The van der Waals surface area contributed by atoms with Gasteiger partial charge in [-0.2, -0.15) is 4.98 Å². The molecule has 1 heterocycles. The van der Waals surface area contributed by atoms with Crippen LogP contribution in [0.5, 0.6) is 0 Å². The third kappa shape index (κ3) is 2.05. The van der Waals surface area contributed by atoms with E-state index in [2.05, 4.69) is 10.1 Å². The normalized spacial score (nSPS) is 10.5. The molecule has 4 nitrogen and oxygen atoms in total. The van der Waals surface area contributed by atoms with E-state index in [1.165, 1.54) is 0 Å². The summed E-state index contributed by atoms with van der Waals surface area (Å²) < 4.78 is 4.99. The molecule has 0 aliphatic carbocycles. The van der Waals surface area contributed by atoms with E-state index in [0.29, 0.717) is 18.1 Å². The van der Waals surface area contributed by atoms with Gasteiger partial charge in [-0.3, -0.25) is 0 Å². The van der Waals surface area contributed by atoms with Gasteiger partial charge in [-0.25, -0.2) is 0 Å². The van der Waals surface area contributed by atoms with Crippen LogP contribution in [0.4, 0.5) is 0 Å². The number of benzene rings is 1. The zero-order valence-electron chi connectivity index (χ0n) is 8.47. The van der Waals surface area contributed by atoms with Gasteiger partial charge in [0.25, 0.3) is 0 Å². The minimum absolute atomic E-state index is 0.0232. The molecule has 2 aromatic rings. The molecule has 15 heavy (non-hydrogen) atoms. The van der Waals surface area contributed by atoms with Crippen molar-refractivity contribution in [1.82, 2.24) is 10.1 Å². The van der Waals surface area contributed by atoms with Crippen LogP contribution in [0, 0.1) is 6.92 Å². The van der Waals surface area contributed by atoms with Gasteiger partial charge in [0.2, 0.25) is 11.7 Å². The fraction of sp³-hybridized carbons (Fsp3) is 0.273. The first-order valence-electron chi connectivity index (χ1n) is 4.80. The van der Waals surface area contributed by atoms with E-state index in [1.807, 2.05) is 31.2 Å². The highest BCUT2D eigenvalue weighted by Gasteiger charge is 2.09. The van der Waals surface area contributed by atoms with Gasteiger partial charge in [-0.05, 0) is 12.5 Å². The number of hydrogen-bond donors (Lipinski definition) is 1. The highest BCUT2D eigenvalue weighted by Crippen LogP contribution is 2.19. The highest BCUT2D eigenvalue weighted by atomic mass is 16.5. The Kier molecular flexibility index (Phi) is 2.78. The van der Waals surface area contributed by atoms with Crippen molar-refractivity contribution in [3.05, 3.63) is 35.7 Å². The van der Waals surface area contributed by atoms with Crippen LogP contribution in [0.1, 0.15) is 11.5 Å². The van der Waals surface area contributed by atoms with Crippen molar-refractivity contribution in [3.63, 3.8) is 0 Å². The summed E-state index contributed by atoms with van der Waals surface area (Å²) in [5.74, 6) is 1.05. The molecule has 0 saturated heterocycles. The Bertz CT molecular complexity index is 451. The summed E-state index contributed by atoms with van der Waals surface area (Å²) in [6, 6.07) is 7.85. The molecule has 1 N–H and O–H groups in total. The highest BCUT2D eigenvalue weighted by molar-refractivity contribution is 5.58. The molecule has 0 unspecified atom stereocenters. The number of aliphatic hydroxyl groups is 1. The van der Waals surface area contributed by atoms with Crippen LogP contribution < -0.4 is 0 Å². The third-order valence-corrected chi connectivity index (χ3v) is 2.18. The monoisotopic (exact) mass is 204 g/mol. The topological polar surface area (TPSA) is 59.2 Å². The van der Waals surface area contributed by atoms with E-state index in [0.717, 1.165) is 11.1 Å². The largest absolute Gasteiger partial charge is 0.396 e. The van der Waals surface area contributed by atoms with Crippen molar-refractivity contribution in [3.8, 4) is 11.4 Å². The van der Waals surface area contributed by atoms with Crippen LogP contribution in [-0.4, -0.2) is 21.9 Å². The predicted octanol–water partition coefficient (Wildman–Crippen LogP) is 1.58. The van der Waals surface area contributed by atoms with Crippen molar-refractivity contribution in [2.75, 3.05) is 6.61 Å². The molecule has 0 spiro atoms. The summed E-state index contributed by atoms with van der Waals surface area (Å²) in [4.78, 5) is 4.19. The molecule has 0 fully saturated rings. The Morgan fingerprint density at radius 2 is 2.13 bits per heavy atom. The van der Waals surface area contributed by atoms with E-state index >= 15 is 0 Å². The maximum Gasteiger partial charge on any atom is 0.229 e. The van der Waals surface area contributed by atoms with E-state index < -0.39 is 0 Å². The first-order chi connectivity index (χ1) is 7.31. The Hall–Kier alpha value is -1.68. The van der Waals surface area contributed by atoms with E-state index in [1.54, 1.807) is 0 Å². The van der Waals surface area contributed by atoms with Gasteiger partial charge in [0.15, 0.2) is 0 Å². The summed E-state index contributed by atoms with van der Waals surface area (Å²) in [7, 11) is 0. The number of nitrogens with zero attached hydrogens (tertiary/aromatic N) is 2. The number of aliphatic hydroxyl groups excluding tert-OH is 1. The Balaban J connectivity index is 2.33. The average Bonchev–Trinajstić information content (AvgIpc) is 2.68. The molecular formula is C11H12N2O2. The second kappa shape index (κ2) is 4.23. The molecule has 78 valence electrons. The van der Waals surface area contributed by atoms with Crippen molar-refractivity contribution >= 4 is 0 Å². The van der Waals surface area contributed by atoms with E-state index in [-0.39, 0.29) is 6.61 Å². The number of aromatic nitrogens is 2. The van der Waals surface area contributed by atoms with Crippen LogP contribution in [-0.2, 0) is 6.42 Å². The van der Waals surface area contributed by atoms with Crippen LogP contribution >= 0.6 is 0 Å². The first-order valence-corrected chi connectivity index (χ1v) is 4.80. The molecule has 1 aromatic carbocycles. The fourth-order valence-electron chi connectivity index (χ4n) is 1.39. The van der Waals surface area contributed by atoms with Crippen molar-refractivity contribution < 1.29 is 9.63 Å². The SMILES string of the molecule is Cc1ccccc1-c1noc(CCO)n1. The van der Waals surface area contributed by atoms with E-state index in [9.17, 15) is 0 Å². The number of hydrogen-bond acceptors (Lipinski definition) is 4. The van der Waals surface area contributed by atoms with Gasteiger partial charge < -0.3 is 9.63 Å². The minimum Gasteiger partial charge on any atom is -0.396 e. The molecule has 1 aromatic heterocycles. The number of rotatable bonds is 3. The third-order valence-electron chi connectivity index (χ3n) is 2.18. The molecule has 0 amide bonds. The van der Waals surface area contributed by atoms with Crippen LogP contribution in [0.15, 0.2) is 28.8 Å². The number of aryl methyl sites for hydroxylation is 1. The zero-order chi connectivity index (χ0) is 10.7. The standard InChI is InChI=1S/C11H12N2O2/c1-8-4-2-3-5-9(8)11-12-10(6-7-14)15-13-11/h2-5,14H,6-7H2,1H3.